The van der Waals surface area contributed by atoms with Crippen molar-refractivity contribution in [1.82, 2.24) is 20.0 Å². The molecule has 0 saturated carbocycles. The van der Waals surface area contributed by atoms with Gasteiger partial charge in [-0.2, -0.15) is 5.10 Å². The third kappa shape index (κ3) is 2.09. The van der Waals surface area contributed by atoms with E-state index in [0.29, 0.717) is 11.7 Å². The summed E-state index contributed by atoms with van der Waals surface area (Å²) in [5, 5.41) is 7.50. The number of nitrogens with one attached hydrogen (secondary N) is 1. The zero-order valence-corrected chi connectivity index (χ0v) is 9.97. The molecule has 1 fully saturated rings. The van der Waals surface area contributed by atoms with E-state index in [1.807, 2.05) is 11.9 Å². The highest BCUT2D eigenvalue weighted by molar-refractivity contribution is 5.92. The SMILES string of the molecule is CC1CN(C(=O)c2ccn(C)n2)C(C)CN1. The van der Waals surface area contributed by atoms with Crippen molar-refractivity contribution in [2.24, 2.45) is 7.05 Å². The van der Waals surface area contributed by atoms with E-state index < -0.39 is 0 Å². The molecule has 2 atom stereocenters. The lowest BCUT2D eigenvalue weighted by molar-refractivity contribution is 0.0609. The van der Waals surface area contributed by atoms with E-state index >= 15 is 0 Å². The van der Waals surface area contributed by atoms with Gasteiger partial charge in [0.1, 0.15) is 5.69 Å². The first kappa shape index (κ1) is 11.1. The van der Waals surface area contributed by atoms with Gasteiger partial charge in [0.2, 0.25) is 0 Å². The monoisotopic (exact) mass is 222 g/mol. The van der Waals surface area contributed by atoms with E-state index in [4.69, 9.17) is 0 Å². The van der Waals surface area contributed by atoms with Crippen molar-refractivity contribution < 1.29 is 4.79 Å². The van der Waals surface area contributed by atoms with Crippen LogP contribution in [0.25, 0.3) is 0 Å². The number of rotatable bonds is 1. The van der Waals surface area contributed by atoms with Crippen LogP contribution in [0.5, 0.6) is 0 Å². The van der Waals surface area contributed by atoms with Crippen LogP contribution in [0.2, 0.25) is 0 Å². The number of amides is 1. The fraction of sp³-hybridized carbons (Fsp3) is 0.636. The van der Waals surface area contributed by atoms with Gasteiger partial charge in [-0.3, -0.25) is 9.48 Å². The predicted octanol–water partition coefficient (Wildman–Crippen LogP) is 0.242. The van der Waals surface area contributed by atoms with Crippen LogP contribution in [0, 0.1) is 0 Å². The van der Waals surface area contributed by atoms with Gasteiger partial charge in [0.25, 0.3) is 5.91 Å². The van der Waals surface area contributed by atoms with Crippen LogP contribution >= 0.6 is 0 Å². The summed E-state index contributed by atoms with van der Waals surface area (Å²) in [5.74, 6) is 0.0291. The molecule has 2 unspecified atom stereocenters. The average Bonchev–Trinajstić information content (AvgIpc) is 2.67. The van der Waals surface area contributed by atoms with Crippen molar-refractivity contribution >= 4 is 5.91 Å². The molecule has 0 aliphatic carbocycles. The maximum Gasteiger partial charge on any atom is 0.274 e. The Morgan fingerprint density at radius 1 is 1.56 bits per heavy atom. The number of piperazine rings is 1. The second-order valence-corrected chi connectivity index (χ2v) is 4.49. The van der Waals surface area contributed by atoms with Crippen molar-refractivity contribution in [3.05, 3.63) is 18.0 Å². The van der Waals surface area contributed by atoms with E-state index in [2.05, 4.69) is 24.3 Å². The molecule has 0 radical (unpaired) electrons. The Bertz CT molecular complexity index is 387. The van der Waals surface area contributed by atoms with Gasteiger partial charge in [-0.25, -0.2) is 0 Å². The van der Waals surface area contributed by atoms with Gasteiger partial charge < -0.3 is 10.2 Å². The molecule has 88 valence electrons. The molecule has 1 aliphatic rings. The number of carbonyl (C=O) groups excluding carboxylic acids is 1. The fourth-order valence-corrected chi connectivity index (χ4v) is 1.98. The molecule has 5 nitrogen and oxygen atoms in total. The number of hydrogen-bond donors (Lipinski definition) is 1. The van der Waals surface area contributed by atoms with E-state index in [-0.39, 0.29) is 11.9 Å². The third-order valence-corrected chi connectivity index (χ3v) is 2.96. The van der Waals surface area contributed by atoms with E-state index in [0.717, 1.165) is 13.1 Å². The summed E-state index contributed by atoms with van der Waals surface area (Å²) in [6, 6.07) is 2.34. The van der Waals surface area contributed by atoms with Gasteiger partial charge in [0.15, 0.2) is 0 Å². The second-order valence-electron chi connectivity index (χ2n) is 4.49. The Balaban J connectivity index is 2.14. The van der Waals surface area contributed by atoms with Gasteiger partial charge >= 0.3 is 0 Å². The molecule has 1 N–H and O–H groups in total. The maximum absolute atomic E-state index is 12.2. The largest absolute Gasteiger partial charge is 0.332 e. The number of carbonyl (C=O) groups is 1. The summed E-state index contributed by atoms with van der Waals surface area (Å²) in [4.78, 5) is 14.1. The fourth-order valence-electron chi connectivity index (χ4n) is 1.98. The topological polar surface area (TPSA) is 50.2 Å². The Hall–Kier alpha value is -1.36. The van der Waals surface area contributed by atoms with Crippen LogP contribution in [0.3, 0.4) is 0 Å². The lowest BCUT2D eigenvalue weighted by Gasteiger charge is -2.37. The van der Waals surface area contributed by atoms with Gasteiger partial charge in [0.05, 0.1) is 0 Å². The molecule has 1 aromatic heterocycles. The molecule has 5 heteroatoms. The van der Waals surface area contributed by atoms with Gasteiger partial charge in [-0.05, 0) is 19.9 Å². The minimum absolute atomic E-state index is 0.0291. The summed E-state index contributed by atoms with van der Waals surface area (Å²) in [6.07, 6.45) is 1.80. The highest BCUT2D eigenvalue weighted by atomic mass is 16.2. The van der Waals surface area contributed by atoms with Crippen molar-refractivity contribution in [3.63, 3.8) is 0 Å². The van der Waals surface area contributed by atoms with Gasteiger partial charge in [-0.1, -0.05) is 0 Å². The number of aromatic nitrogens is 2. The minimum Gasteiger partial charge on any atom is -0.332 e. The first-order valence-electron chi connectivity index (χ1n) is 5.62. The van der Waals surface area contributed by atoms with Crippen molar-refractivity contribution in [2.75, 3.05) is 13.1 Å². The predicted molar refractivity (Wildman–Crippen MR) is 61.2 cm³/mol. The number of aryl methyl sites for hydroxylation is 1. The molecule has 0 aromatic carbocycles. The smallest absolute Gasteiger partial charge is 0.274 e. The summed E-state index contributed by atoms with van der Waals surface area (Å²) in [7, 11) is 1.82. The number of nitrogens with zero attached hydrogens (tertiary/aromatic N) is 3. The van der Waals surface area contributed by atoms with Crippen LogP contribution in [-0.2, 0) is 7.05 Å². The van der Waals surface area contributed by atoms with Crippen LogP contribution in [0.4, 0.5) is 0 Å². The van der Waals surface area contributed by atoms with Crippen LogP contribution in [-0.4, -0.2) is 45.8 Å². The summed E-state index contributed by atoms with van der Waals surface area (Å²) < 4.78 is 1.66. The Kier molecular flexibility index (Phi) is 2.96. The standard InChI is InChI=1S/C11H18N4O/c1-8-7-15(9(2)6-12-8)11(16)10-4-5-14(3)13-10/h4-5,8-9,12H,6-7H2,1-3H3. The molecule has 1 saturated heterocycles. The zero-order valence-electron chi connectivity index (χ0n) is 9.97. The zero-order chi connectivity index (χ0) is 11.7. The molecule has 0 spiro atoms. The normalized spacial score (nSPS) is 25.8. The molecule has 16 heavy (non-hydrogen) atoms. The molecule has 0 bridgehead atoms. The van der Waals surface area contributed by atoms with E-state index in [1.54, 1.807) is 16.9 Å². The lowest BCUT2D eigenvalue weighted by Crippen LogP contribution is -2.56. The van der Waals surface area contributed by atoms with Crippen LogP contribution in [0.15, 0.2) is 12.3 Å². The minimum atomic E-state index is 0.0291. The van der Waals surface area contributed by atoms with Crippen molar-refractivity contribution in [3.8, 4) is 0 Å². The summed E-state index contributed by atoms with van der Waals surface area (Å²) >= 11 is 0. The van der Waals surface area contributed by atoms with E-state index in [1.165, 1.54) is 0 Å². The Morgan fingerprint density at radius 3 is 2.94 bits per heavy atom. The Morgan fingerprint density at radius 2 is 2.31 bits per heavy atom. The van der Waals surface area contributed by atoms with Crippen molar-refractivity contribution in [1.29, 1.82) is 0 Å². The molecular formula is C11H18N4O. The number of hydrogen-bond acceptors (Lipinski definition) is 3. The highest BCUT2D eigenvalue weighted by Gasteiger charge is 2.28. The van der Waals surface area contributed by atoms with E-state index in [9.17, 15) is 4.79 Å². The second kappa shape index (κ2) is 4.25. The molecular weight excluding hydrogens is 204 g/mol. The molecule has 2 heterocycles. The molecule has 1 aromatic rings. The molecule has 1 aliphatic heterocycles. The Labute approximate surface area is 95.4 Å². The highest BCUT2D eigenvalue weighted by Crippen LogP contribution is 2.10. The van der Waals surface area contributed by atoms with Gasteiger partial charge in [0, 0.05) is 38.4 Å². The quantitative estimate of drug-likeness (QED) is 0.740. The van der Waals surface area contributed by atoms with Gasteiger partial charge in [-0.15, -0.1) is 0 Å². The summed E-state index contributed by atoms with van der Waals surface area (Å²) in [5.41, 5.74) is 0.531. The van der Waals surface area contributed by atoms with Crippen LogP contribution < -0.4 is 5.32 Å². The van der Waals surface area contributed by atoms with Crippen LogP contribution in [0.1, 0.15) is 24.3 Å². The average molecular weight is 222 g/mol. The van der Waals surface area contributed by atoms with Crippen molar-refractivity contribution in [2.45, 2.75) is 25.9 Å². The first-order valence-corrected chi connectivity index (χ1v) is 5.62. The molecule has 1 amide bonds. The molecule has 2 rings (SSSR count). The first-order chi connectivity index (χ1) is 7.58. The lowest BCUT2D eigenvalue weighted by atomic mass is 10.1. The summed E-state index contributed by atoms with van der Waals surface area (Å²) in [6.45, 7) is 5.74. The maximum atomic E-state index is 12.2. The third-order valence-electron chi connectivity index (χ3n) is 2.96.